The van der Waals surface area contributed by atoms with Crippen molar-refractivity contribution in [1.29, 1.82) is 0 Å². The van der Waals surface area contributed by atoms with Crippen LogP contribution in [0, 0.1) is 13.8 Å². The highest BCUT2D eigenvalue weighted by atomic mass is 16.6. The highest BCUT2D eigenvalue weighted by molar-refractivity contribution is 5.92. The Balaban J connectivity index is 2.64. The van der Waals surface area contributed by atoms with Crippen LogP contribution in [0.1, 0.15) is 28.4 Å². The van der Waals surface area contributed by atoms with Crippen LogP contribution in [-0.2, 0) is 14.3 Å². The molecule has 4 nitrogen and oxygen atoms in total. The lowest BCUT2D eigenvalue weighted by Gasteiger charge is -2.08. The molecular formula is C13H16O4. The van der Waals surface area contributed by atoms with Crippen LogP contribution < -0.4 is 0 Å². The maximum atomic E-state index is 11.7. The van der Waals surface area contributed by atoms with E-state index >= 15 is 0 Å². The van der Waals surface area contributed by atoms with Crippen LogP contribution in [-0.4, -0.2) is 25.2 Å². The summed E-state index contributed by atoms with van der Waals surface area (Å²) in [6.07, 6.45) is 0. The molecule has 0 amide bonds. The van der Waals surface area contributed by atoms with E-state index in [2.05, 4.69) is 4.74 Å². The van der Waals surface area contributed by atoms with Gasteiger partial charge in [-0.1, -0.05) is 12.1 Å². The van der Waals surface area contributed by atoms with Gasteiger partial charge >= 0.3 is 11.9 Å². The number of rotatable bonds is 4. The molecule has 0 aliphatic carbocycles. The number of esters is 2. The van der Waals surface area contributed by atoms with E-state index in [1.165, 1.54) is 0 Å². The van der Waals surface area contributed by atoms with Gasteiger partial charge in [0.2, 0.25) is 0 Å². The summed E-state index contributed by atoms with van der Waals surface area (Å²) in [6, 6.07) is 5.37. The number of ether oxygens (including phenoxy) is 2. The molecule has 0 unspecified atom stereocenters. The quantitative estimate of drug-likeness (QED) is 0.750. The highest BCUT2D eigenvalue weighted by Crippen LogP contribution is 2.13. The van der Waals surface area contributed by atoms with Crippen LogP contribution in [0.25, 0.3) is 0 Å². The lowest BCUT2D eigenvalue weighted by molar-refractivity contribution is -0.146. The van der Waals surface area contributed by atoms with Crippen LogP contribution in [0.3, 0.4) is 0 Å². The zero-order valence-corrected chi connectivity index (χ0v) is 10.3. The molecule has 0 spiro atoms. The zero-order chi connectivity index (χ0) is 12.8. The Morgan fingerprint density at radius 3 is 2.53 bits per heavy atom. The minimum absolute atomic E-state index is 0.278. The van der Waals surface area contributed by atoms with E-state index in [0.29, 0.717) is 5.56 Å². The first-order chi connectivity index (χ1) is 8.06. The molecule has 0 heterocycles. The van der Waals surface area contributed by atoms with Crippen LogP contribution in [0.15, 0.2) is 18.2 Å². The lowest BCUT2D eigenvalue weighted by Crippen LogP contribution is -2.17. The van der Waals surface area contributed by atoms with Crippen LogP contribution >= 0.6 is 0 Å². The third-order valence-corrected chi connectivity index (χ3v) is 2.45. The van der Waals surface area contributed by atoms with Crippen LogP contribution in [0.4, 0.5) is 0 Å². The topological polar surface area (TPSA) is 52.6 Å². The van der Waals surface area contributed by atoms with Crippen molar-refractivity contribution in [3.8, 4) is 0 Å². The molecule has 0 aliphatic rings. The molecule has 0 atom stereocenters. The molecule has 0 saturated heterocycles. The maximum Gasteiger partial charge on any atom is 0.344 e. The minimum atomic E-state index is -0.536. The molecule has 17 heavy (non-hydrogen) atoms. The summed E-state index contributed by atoms with van der Waals surface area (Å²) in [5.41, 5.74) is 2.35. The standard InChI is InChI=1S/C13H16O4/c1-4-16-12(14)8-17-13(15)11-7-5-6-9(2)10(11)3/h5-7H,4,8H2,1-3H3. The average Bonchev–Trinajstić information content (AvgIpc) is 2.30. The Labute approximate surface area is 101 Å². The average molecular weight is 236 g/mol. The molecule has 0 N–H and O–H groups in total. The van der Waals surface area contributed by atoms with E-state index < -0.39 is 11.9 Å². The zero-order valence-electron chi connectivity index (χ0n) is 10.3. The van der Waals surface area contributed by atoms with E-state index in [0.717, 1.165) is 11.1 Å². The van der Waals surface area contributed by atoms with E-state index in [9.17, 15) is 9.59 Å². The number of benzene rings is 1. The molecule has 0 saturated carbocycles. The first-order valence-corrected chi connectivity index (χ1v) is 5.45. The lowest BCUT2D eigenvalue weighted by atomic mass is 10.0. The second-order valence-electron chi connectivity index (χ2n) is 3.63. The van der Waals surface area contributed by atoms with Crippen molar-refractivity contribution in [2.24, 2.45) is 0 Å². The molecule has 0 aromatic heterocycles. The van der Waals surface area contributed by atoms with E-state index in [1.54, 1.807) is 19.1 Å². The van der Waals surface area contributed by atoms with Crippen molar-refractivity contribution in [2.45, 2.75) is 20.8 Å². The first-order valence-electron chi connectivity index (χ1n) is 5.45. The summed E-state index contributed by atoms with van der Waals surface area (Å²) in [5, 5.41) is 0. The van der Waals surface area contributed by atoms with E-state index in [-0.39, 0.29) is 13.2 Å². The van der Waals surface area contributed by atoms with Gasteiger partial charge in [-0.05, 0) is 38.0 Å². The first kappa shape index (κ1) is 13.2. The molecule has 0 radical (unpaired) electrons. The molecular weight excluding hydrogens is 220 g/mol. The van der Waals surface area contributed by atoms with Gasteiger partial charge in [0.05, 0.1) is 12.2 Å². The smallest absolute Gasteiger partial charge is 0.344 e. The number of carbonyl (C=O) groups excluding carboxylic acids is 2. The van der Waals surface area contributed by atoms with Crippen molar-refractivity contribution in [3.05, 3.63) is 34.9 Å². The monoisotopic (exact) mass is 236 g/mol. The largest absolute Gasteiger partial charge is 0.463 e. The number of aryl methyl sites for hydroxylation is 1. The van der Waals surface area contributed by atoms with Gasteiger partial charge in [-0.2, -0.15) is 0 Å². The van der Waals surface area contributed by atoms with Crippen molar-refractivity contribution in [1.82, 2.24) is 0 Å². The van der Waals surface area contributed by atoms with E-state index in [4.69, 9.17) is 4.74 Å². The van der Waals surface area contributed by atoms with Gasteiger partial charge in [0.1, 0.15) is 0 Å². The fraction of sp³-hybridized carbons (Fsp3) is 0.385. The summed E-state index contributed by atoms with van der Waals surface area (Å²) < 4.78 is 9.53. The number of hydrogen-bond donors (Lipinski definition) is 0. The molecule has 1 aromatic rings. The number of carbonyl (C=O) groups is 2. The fourth-order valence-corrected chi connectivity index (χ4v) is 1.38. The van der Waals surface area contributed by atoms with Gasteiger partial charge in [-0.15, -0.1) is 0 Å². The second kappa shape index (κ2) is 6.03. The molecule has 1 rings (SSSR count). The molecule has 0 fully saturated rings. The van der Waals surface area contributed by atoms with Crippen LogP contribution in [0.2, 0.25) is 0 Å². The molecule has 0 aliphatic heterocycles. The van der Waals surface area contributed by atoms with E-state index in [1.807, 2.05) is 19.9 Å². The fourth-order valence-electron chi connectivity index (χ4n) is 1.38. The van der Waals surface area contributed by atoms with Gasteiger partial charge in [0.15, 0.2) is 6.61 Å². The molecule has 0 bridgehead atoms. The Morgan fingerprint density at radius 2 is 1.88 bits per heavy atom. The summed E-state index contributed by atoms with van der Waals surface area (Å²) in [6.45, 7) is 5.39. The third kappa shape index (κ3) is 3.59. The Bertz CT molecular complexity index is 423. The minimum Gasteiger partial charge on any atom is -0.463 e. The molecule has 92 valence electrons. The maximum absolute atomic E-state index is 11.7. The number of hydrogen-bond acceptors (Lipinski definition) is 4. The summed E-state index contributed by atoms with van der Waals surface area (Å²) >= 11 is 0. The Morgan fingerprint density at radius 1 is 1.18 bits per heavy atom. The second-order valence-corrected chi connectivity index (χ2v) is 3.63. The molecule has 1 aromatic carbocycles. The molecule has 4 heteroatoms. The Hall–Kier alpha value is -1.84. The predicted molar refractivity (Wildman–Crippen MR) is 62.8 cm³/mol. The van der Waals surface area contributed by atoms with Crippen molar-refractivity contribution >= 4 is 11.9 Å². The summed E-state index contributed by atoms with van der Waals surface area (Å²) in [7, 11) is 0. The predicted octanol–water partition coefficient (Wildman–Crippen LogP) is 2.02. The highest BCUT2D eigenvalue weighted by Gasteiger charge is 2.13. The normalized spacial score (nSPS) is 9.82. The van der Waals surface area contributed by atoms with Gasteiger partial charge in [-0.25, -0.2) is 9.59 Å². The Kier molecular flexibility index (Phi) is 4.69. The summed E-state index contributed by atoms with van der Waals surface area (Å²) in [4.78, 5) is 22.7. The SMILES string of the molecule is CCOC(=O)COC(=O)c1cccc(C)c1C. The van der Waals surface area contributed by atoms with Gasteiger partial charge < -0.3 is 9.47 Å². The van der Waals surface area contributed by atoms with Gasteiger partial charge in [0, 0.05) is 0 Å². The van der Waals surface area contributed by atoms with Crippen molar-refractivity contribution < 1.29 is 19.1 Å². The van der Waals surface area contributed by atoms with Crippen molar-refractivity contribution in [3.63, 3.8) is 0 Å². The third-order valence-electron chi connectivity index (χ3n) is 2.45. The van der Waals surface area contributed by atoms with Gasteiger partial charge in [-0.3, -0.25) is 0 Å². The van der Waals surface area contributed by atoms with Gasteiger partial charge in [0.25, 0.3) is 0 Å². The van der Waals surface area contributed by atoms with Crippen LogP contribution in [0.5, 0.6) is 0 Å². The summed E-state index contributed by atoms with van der Waals surface area (Å²) in [5.74, 6) is -1.04. The van der Waals surface area contributed by atoms with Crippen molar-refractivity contribution in [2.75, 3.05) is 13.2 Å².